The molecule has 1 nitrogen and oxygen atoms in total. The monoisotopic (exact) mass is 163 g/mol. The number of hydrogen-bond donors (Lipinski definition) is 0. The minimum atomic E-state index is 1.08. The lowest BCUT2D eigenvalue weighted by molar-refractivity contribution is -0.679. The fourth-order valence-electron chi connectivity index (χ4n) is 1.09. The number of nitrogens with zero attached hydrogens (tertiary/aromatic N) is 1. The Morgan fingerprint density at radius 1 is 1.45 bits per heavy atom. The molecule has 2 heteroatoms. The van der Waals surface area contributed by atoms with E-state index in [0.717, 1.165) is 12.5 Å². The molecule has 0 saturated carbocycles. The second kappa shape index (κ2) is 4.29. The molecule has 0 aliphatic rings. The van der Waals surface area contributed by atoms with E-state index in [1.165, 1.54) is 12.1 Å². The summed E-state index contributed by atoms with van der Waals surface area (Å²) >= 11 is 0. The molecule has 1 aromatic heterocycles. The van der Waals surface area contributed by atoms with E-state index in [-0.39, 0.29) is 0 Å². The van der Waals surface area contributed by atoms with Gasteiger partial charge in [-0.3, -0.25) is 0 Å². The molecule has 1 aromatic rings. The molecule has 1 heterocycles. The fraction of sp³-hybridized carbons (Fsp3) is 0.444. The van der Waals surface area contributed by atoms with Crippen LogP contribution in [0.15, 0.2) is 24.4 Å². The summed E-state index contributed by atoms with van der Waals surface area (Å²) in [6.07, 6.45) is 4.44. The van der Waals surface area contributed by atoms with Crippen LogP contribution in [0.2, 0.25) is 6.04 Å². The normalized spacial score (nSPS) is 10.0. The molecule has 0 spiro atoms. The standard InChI is InChI=1S/C9H13NSi/c1-10-7-3-2-5-9(10)6-4-8-11/h2-3,5,7H,4,6,8H2,1H3/q+1. The lowest BCUT2D eigenvalue weighted by atomic mass is 10.2. The van der Waals surface area contributed by atoms with Crippen molar-refractivity contribution in [1.29, 1.82) is 0 Å². The van der Waals surface area contributed by atoms with Gasteiger partial charge in [0.2, 0.25) is 0 Å². The van der Waals surface area contributed by atoms with Crippen LogP contribution >= 0.6 is 0 Å². The highest BCUT2D eigenvalue weighted by molar-refractivity contribution is 6.08. The van der Waals surface area contributed by atoms with Crippen molar-refractivity contribution < 1.29 is 4.57 Å². The summed E-state index contributed by atoms with van der Waals surface area (Å²) in [5, 5.41) is 0. The Morgan fingerprint density at radius 2 is 2.27 bits per heavy atom. The first-order valence-electron chi connectivity index (χ1n) is 3.92. The summed E-state index contributed by atoms with van der Waals surface area (Å²) in [6.45, 7) is 0. The van der Waals surface area contributed by atoms with Gasteiger partial charge in [-0.15, -0.1) is 0 Å². The van der Waals surface area contributed by atoms with Gasteiger partial charge in [0.25, 0.3) is 0 Å². The first-order valence-corrected chi connectivity index (χ1v) is 4.63. The Kier molecular flexibility index (Phi) is 3.30. The van der Waals surface area contributed by atoms with Gasteiger partial charge in [0.15, 0.2) is 11.9 Å². The molecule has 0 amide bonds. The van der Waals surface area contributed by atoms with Crippen molar-refractivity contribution in [3.05, 3.63) is 30.1 Å². The minimum absolute atomic E-state index is 1.08. The summed E-state index contributed by atoms with van der Waals surface area (Å²) in [5.74, 6) is 0. The van der Waals surface area contributed by atoms with Crippen molar-refractivity contribution in [2.45, 2.75) is 18.9 Å². The molecular formula is C9H13NSi+. The molecule has 0 unspecified atom stereocenters. The van der Waals surface area contributed by atoms with E-state index >= 15 is 0 Å². The van der Waals surface area contributed by atoms with E-state index in [4.69, 9.17) is 0 Å². The van der Waals surface area contributed by atoms with Gasteiger partial charge in [-0.1, -0.05) is 12.1 Å². The summed E-state index contributed by atoms with van der Waals surface area (Å²) in [4.78, 5) is 0. The molecule has 3 radical (unpaired) electrons. The van der Waals surface area contributed by atoms with Crippen molar-refractivity contribution in [2.75, 3.05) is 0 Å². The third-order valence-electron chi connectivity index (χ3n) is 1.77. The van der Waals surface area contributed by atoms with Gasteiger partial charge in [-0.2, -0.15) is 0 Å². The lowest BCUT2D eigenvalue weighted by Gasteiger charge is -1.96. The molecule has 0 bridgehead atoms. The van der Waals surface area contributed by atoms with Gasteiger partial charge < -0.3 is 0 Å². The van der Waals surface area contributed by atoms with E-state index in [2.05, 4.69) is 46.3 Å². The van der Waals surface area contributed by atoms with Crippen LogP contribution in [-0.4, -0.2) is 10.2 Å². The third-order valence-corrected chi connectivity index (χ3v) is 2.13. The second-order valence-corrected chi connectivity index (χ2v) is 3.16. The topological polar surface area (TPSA) is 3.88 Å². The Hall–Kier alpha value is -0.633. The molecule has 0 atom stereocenters. The van der Waals surface area contributed by atoms with E-state index in [1.807, 2.05) is 0 Å². The zero-order valence-electron chi connectivity index (χ0n) is 6.88. The van der Waals surface area contributed by atoms with Crippen molar-refractivity contribution >= 4 is 10.2 Å². The smallest absolute Gasteiger partial charge is 0.181 e. The number of rotatable bonds is 3. The summed E-state index contributed by atoms with van der Waals surface area (Å²) in [6, 6.07) is 7.39. The molecule has 11 heavy (non-hydrogen) atoms. The van der Waals surface area contributed by atoms with Crippen LogP contribution in [0, 0.1) is 0 Å². The van der Waals surface area contributed by atoms with Crippen LogP contribution in [0.25, 0.3) is 0 Å². The maximum Gasteiger partial charge on any atom is 0.181 e. The molecule has 0 N–H and O–H groups in total. The average Bonchev–Trinajstić information content (AvgIpc) is 2.03. The van der Waals surface area contributed by atoms with Gasteiger partial charge in [-0.25, -0.2) is 4.57 Å². The highest BCUT2D eigenvalue weighted by Crippen LogP contribution is 1.97. The predicted molar refractivity (Wildman–Crippen MR) is 46.5 cm³/mol. The van der Waals surface area contributed by atoms with Crippen LogP contribution in [0.3, 0.4) is 0 Å². The molecule has 57 valence electrons. The maximum absolute atomic E-state index is 3.47. The SMILES string of the molecule is C[n+]1ccccc1CCC[Si]. The molecule has 0 aliphatic carbocycles. The molecule has 0 saturated heterocycles. The van der Waals surface area contributed by atoms with Crippen LogP contribution in [0.1, 0.15) is 12.1 Å². The third kappa shape index (κ3) is 2.46. The molecule has 0 aromatic carbocycles. The predicted octanol–water partition coefficient (Wildman–Crippen LogP) is 1.03. The zero-order valence-corrected chi connectivity index (χ0v) is 7.88. The summed E-state index contributed by atoms with van der Waals surface area (Å²) in [5.41, 5.74) is 1.39. The van der Waals surface area contributed by atoms with Gasteiger partial charge in [0.1, 0.15) is 7.05 Å². The first-order chi connectivity index (χ1) is 5.34. The average molecular weight is 163 g/mol. The number of aryl methyl sites for hydroxylation is 2. The van der Waals surface area contributed by atoms with Crippen molar-refractivity contribution in [3.8, 4) is 0 Å². The largest absolute Gasteiger partial charge is 0.205 e. The van der Waals surface area contributed by atoms with Gasteiger partial charge in [0, 0.05) is 28.8 Å². The van der Waals surface area contributed by atoms with Crippen molar-refractivity contribution in [2.24, 2.45) is 7.05 Å². The van der Waals surface area contributed by atoms with Crippen molar-refractivity contribution in [3.63, 3.8) is 0 Å². The Morgan fingerprint density at radius 3 is 2.91 bits per heavy atom. The Balaban J connectivity index is 2.62. The maximum atomic E-state index is 3.47. The van der Waals surface area contributed by atoms with Gasteiger partial charge in [0.05, 0.1) is 0 Å². The minimum Gasteiger partial charge on any atom is -0.205 e. The number of aromatic nitrogens is 1. The van der Waals surface area contributed by atoms with E-state index in [0.29, 0.717) is 0 Å². The first kappa shape index (κ1) is 8.46. The Bertz CT molecular complexity index is 223. The van der Waals surface area contributed by atoms with Gasteiger partial charge >= 0.3 is 0 Å². The number of hydrogen-bond acceptors (Lipinski definition) is 0. The van der Waals surface area contributed by atoms with Crippen LogP contribution in [0.5, 0.6) is 0 Å². The fourth-order valence-corrected chi connectivity index (χ4v) is 1.26. The zero-order chi connectivity index (χ0) is 8.10. The van der Waals surface area contributed by atoms with E-state index < -0.39 is 0 Å². The number of pyridine rings is 1. The van der Waals surface area contributed by atoms with Crippen LogP contribution in [-0.2, 0) is 13.5 Å². The van der Waals surface area contributed by atoms with Crippen LogP contribution < -0.4 is 4.57 Å². The molecular weight excluding hydrogens is 150 g/mol. The molecule has 0 fully saturated rings. The second-order valence-electron chi connectivity index (χ2n) is 2.66. The lowest BCUT2D eigenvalue weighted by Crippen LogP contribution is -2.32. The van der Waals surface area contributed by atoms with Gasteiger partial charge in [-0.05, 0) is 6.42 Å². The summed E-state index contributed by atoms with van der Waals surface area (Å²) < 4.78 is 2.17. The Labute approximate surface area is 71.5 Å². The highest BCUT2D eigenvalue weighted by atomic mass is 28.1. The van der Waals surface area contributed by atoms with E-state index in [1.54, 1.807) is 0 Å². The van der Waals surface area contributed by atoms with Crippen molar-refractivity contribution in [1.82, 2.24) is 0 Å². The molecule has 0 aliphatic heterocycles. The van der Waals surface area contributed by atoms with E-state index in [9.17, 15) is 0 Å². The molecule has 1 rings (SSSR count). The summed E-state index contributed by atoms with van der Waals surface area (Å²) in [7, 11) is 5.55. The quantitative estimate of drug-likeness (QED) is 0.463. The van der Waals surface area contributed by atoms with Crippen LogP contribution in [0.4, 0.5) is 0 Å². The highest BCUT2D eigenvalue weighted by Gasteiger charge is 2.01.